The minimum absolute atomic E-state index is 0.184. The highest BCUT2D eigenvalue weighted by atomic mass is 35.5. The molecule has 0 aromatic heterocycles. The summed E-state index contributed by atoms with van der Waals surface area (Å²) in [7, 11) is 1.54. The number of carbonyl (C=O) groups is 1. The fourth-order valence-electron chi connectivity index (χ4n) is 3.08. The van der Waals surface area contributed by atoms with Gasteiger partial charge in [0.1, 0.15) is 5.75 Å². The number of morpholine rings is 1. The van der Waals surface area contributed by atoms with Gasteiger partial charge in [0.15, 0.2) is 5.11 Å². The molecule has 28 heavy (non-hydrogen) atoms. The number of methoxy groups -OCH3 is 1. The summed E-state index contributed by atoms with van der Waals surface area (Å²) >= 11 is 11.7. The van der Waals surface area contributed by atoms with E-state index in [1.165, 1.54) is 7.11 Å². The van der Waals surface area contributed by atoms with Gasteiger partial charge in [-0.1, -0.05) is 23.7 Å². The first-order valence-electron chi connectivity index (χ1n) is 8.88. The zero-order valence-electron chi connectivity index (χ0n) is 15.8. The Bertz CT molecular complexity index is 885. The smallest absolute Gasteiger partial charge is 0.261 e. The fraction of sp³-hybridized carbons (Fsp3) is 0.300. The van der Waals surface area contributed by atoms with Gasteiger partial charge in [0.2, 0.25) is 0 Å². The first-order chi connectivity index (χ1) is 13.5. The maximum atomic E-state index is 12.5. The van der Waals surface area contributed by atoms with Crippen LogP contribution in [0.5, 0.6) is 5.75 Å². The highest BCUT2D eigenvalue weighted by Crippen LogP contribution is 2.29. The first kappa shape index (κ1) is 20.4. The summed E-state index contributed by atoms with van der Waals surface area (Å²) < 4.78 is 10.7. The van der Waals surface area contributed by atoms with Crippen molar-refractivity contribution in [2.24, 2.45) is 0 Å². The SMILES string of the molecule is COc1c(C)cccc1C(=O)NC(=S)Nc1ccc(N2CCOCC2)c(Cl)c1. The zero-order valence-corrected chi connectivity index (χ0v) is 17.3. The second kappa shape index (κ2) is 9.23. The summed E-state index contributed by atoms with van der Waals surface area (Å²) in [6.45, 7) is 4.87. The molecule has 2 aromatic carbocycles. The molecule has 1 heterocycles. The van der Waals surface area contributed by atoms with Gasteiger partial charge in [0, 0.05) is 18.8 Å². The molecule has 148 valence electrons. The molecule has 1 saturated heterocycles. The molecule has 1 amide bonds. The Kier molecular flexibility index (Phi) is 6.72. The van der Waals surface area contributed by atoms with E-state index in [0.717, 1.165) is 24.3 Å². The van der Waals surface area contributed by atoms with Crippen LogP contribution in [0, 0.1) is 6.92 Å². The van der Waals surface area contributed by atoms with E-state index in [1.807, 2.05) is 25.1 Å². The van der Waals surface area contributed by atoms with Crippen LogP contribution in [0.3, 0.4) is 0 Å². The van der Waals surface area contributed by atoms with Gasteiger partial charge in [0.25, 0.3) is 5.91 Å². The molecular formula is C20H22ClN3O3S. The molecule has 0 spiro atoms. The van der Waals surface area contributed by atoms with Crippen LogP contribution in [0.25, 0.3) is 0 Å². The minimum Gasteiger partial charge on any atom is -0.496 e. The summed E-state index contributed by atoms with van der Waals surface area (Å²) in [5.74, 6) is 0.190. The average molecular weight is 420 g/mol. The number of hydrogen-bond donors (Lipinski definition) is 2. The van der Waals surface area contributed by atoms with Crippen molar-refractivity contribution in [3.63, 3.8) is 0 Å². The fourth-order valence-corrected chi connectivity index (χ4v) is 3.59. The van der Waals surface area contributed by atoms with Crippen molar-refractivity contribution < 1.29 is 14.3 Å². The number of carbonyl (C=O) groups excluding carboxylic acids is 1. The van der Waals surface area contributed by atoms with Crippen LogP contribution in [-0.4, -0.2) is 44.4 Å². The quantitative estimate of drug-likeness (QED) is 0.738. The maximum absolute atomic E-state index is 12.5. The third kappa shape index (κ3) is 4.73. The number of aryl methyl sites for hydroxylation is 1. The highest BCUT2D eigenvalue weighted by Gasteiger charge is 2.17. The number of ether oxygens (including phenoxy) is 2. The van der Waals surface area contributed by atoms with E-state index < -0.39 is 0 Å². The van der Waals surface area contributed by atoms with E-state index in [1.54, 1.807) is 18.2 Å². The molecule has 1 aliphatic heterocycles. The van der Waals surface area contributed by atoms with Crippen LogP contribution in [0.2, 0.25) is 5.02 Å². The summed E-state index contributed by atoms with van der Waals surface area (Å²) in [5.41, 5.74) is 2.95. The van der Waals surface area contributed by atoms with Crippen molar-refractivity contribution in [2.45, 2.75) is 6.92 Å². The molecular weight excluding hydrogens is 398 g/mol. The largest absolute Gasteiger partial charge is 0.496 e. The molecule has 0 bridgehead atoms. The van der Waals surface area contributed by atoms with E-state index in [9.17, 15) is 4.79 Å². The Balaban J connectivity index is 1.65. The molecule has 0 radical (unpaired) electrons. The van der Waals surface area contributed by atoms with Crippen LogP contribution in [0.15, 0.2) is 36.4 Å². The van der Waals surface area contributed by atoms with Crippen LogP contribution < -0.4 is 20.3 Å². The van der Waals surface area contributed by atoms with Crippen LogP contribution in [0.4, 0.5) is 11.4 Å². The number of anilines is 2. The average Bonchev–Trinajstić information content (AvgIpc) is 2.68. The van der Waals surface area contributed by atoms with Gasteiger partial charge in [-0.05, 0) is 49.0 Å². The van der Waals surface area contributed by atoms with E-state index in [2.05, 4.69) is 15.5 Å². The molecule has 2 N–H and O–H groups in total. The van der Waals surface area contributed by atoms with Gasteiger partial charge in [-0.25, -0.2) is 0 Å². The molecule has 3 rings (SSSR count). The molecule has 0 atom stereocenters. The summed E-state index contributed by atoms with van der Waals surface area (Å²) in [6.07, 6.45) is 0. The van der Waals surface area contributed by atoms with Gasteiger partial charge >= 0.3 is 0 Å². The van der Waals surface area contributed by atoms with E-state index >= 15 is 0 Å². The molecule has 0 aliphatic carbocycles. The van der Waals surface area contributed by atoms with Gasteiger partial charge in [0.05, 0.1) is 36.6 Å². The van der Waals surface area contributed by atoms with E-state index in [0.29, 0.717) is 35.2 Å². The maximum Gasteiger partial charge on any atom is 0.261 e. The normalized spacial score (nSPS) is 13.8. The molecule has 2 aromatic rings. The number of nitrogens with zero attached hydrogens (tertiary/aromatic N) is 1. The lowest BCUT2D eigenvalue weighted by atomic mass is 10.1. The number of nitrogens with one attached hydrogen (secondary N) is 2. The number of halogens is 1. The molecule has 1 aliphatic rings. The van der Waals surface area contributed by atoms with Crippen molar-refractivity contribution in [1.82, 2.24) is 5.32 Å². The van der Waals surface area contributed by atoms with E-state index in [-0.39, 0.29) is 11.0 Å². The lowest BCUT2D eigenvalue weighted by Gasteiger charge is -2.29. The van der Waals surface area contributed by atoms with Crippen LogP contribution >= 0.6 is 23.8 Å². The first-order valence-corrected chi connectivity index (χ1v) is 9.66. The molecule has 0 saturated carbocycles. The lowest BCUT2D eigenvalue weighted by Crippen LogP contribution is -2.36. The Morgan fingerprint density at radius 2 is 2.00 bits per heavy atom. The number of benzene rings is 2. The van der Waals surface area contributed by atoms with Crippen molar-refractivity contribution in [3.8, 4) is 5.75 Å². The van der Waals surface area contributed by atoms with Gasteiger partial charge in [-0.2, -0.15) is 0 Å². The minimum atomic E-state index is -0.339. The second-order valence-electron chi connectivity index (χ2n) is 6.33. The third-order valence-electron chi connectivity index (χ3n) is 4.45. The van der Waals surface area contributed by atoms with Crippen molar-refractivity contribution in [3.05, 3.63) is 52.5 Å². The van der Waals surface area contributed by atoms with Gasteiger partial charge < -0.3 is 19.7 Å². The number of thiocarbonyl (C=S) groups is 1. The molecule has 1 fully saturated rings. The van der Waals surface area contributed by atoms with E-state index in [4.69, 9.17) is 33.3 Å². The Hall–Kier alpha value is -2.35. The van der Waals surface area contributed by atoms with Gasteiger partial charge in [-0.15, -0.1) is 0 Å². The number of hydrogen-bond acceptors (Lipinski definition) is 5. The number of para-hydroxylation sites is 1. The van der Waals surface area contributed by atoms with Crippen molar-refractivity contribution in [2.75, 3.05) is 43.6 Å². The Morgan fingerprint density at radius 3 is 2.68 bits per heavy atom. The Labute approximate surface area is 174 Å². The molecule has 6 nitrogen and oxygen atoms in total. The molecule has 8 heteroatoms. The lowest BCUT2D eigenvalue weighted by molar-refractivity contribution is 0.0974. The van der Waals surface area contributed by atoms with Gasteiger partial charge in [-0.3, -0.25) is 10.1 Å². The third-order valence-corrected chi connectivity index (χ3v) is 4.95. The zero-order chi connectivity index (χ0) is 20.1. The summed E-state index contributed by atoms with van der Waals surface area (Å²) in [6, 6.07) is 11.0. The second-order valence-corrected chi connectivity index (χ2v) is 7.15. The topological polar surface area (TPSA) is 62.8 Å². The summed E-state index contributed by atoms with van der Waals surface area (Å²) in [4.78, 5) is 14.7. The standard InChI is InChI=1S/C20H22ClN3O3S/c1-13-4-3-5-15(18(13)26-2)19(25)23-20(28)22-14-6-7-17(16(21)12-14)24-8-10-27-11-9-24/h3-7,12H,8-11H2,1-2H3,(H2,22,23,25,28). The molecule has 0 unspecified atom stereocenters. The van der Waals surface area contributed by atoms with Crippen molar-refractivity contribution >= 4 is 46.2 Å². The number of rotatable bonds is 4. The number of amides is 1. The highest BCUT2D eigenvalue weighted by molar-refractivity contribution is 7.80. The monoisotopic (exact) mass is 419 g/mol. The van der Waals surface area contributed by atoms with Crippen LogP contribution in [-0.2, 0) is 4.74 Å². The predicted octanol–water partition coefficient (Wildman–Crippen LogP) is 3.62. The summed E-state index contributed by atoms with van der Waals surface area (Å²) in [5, 5.41) is 6.47. The van der Waals surface area contributed by atoms with Crippen molar-refractivity contribution in [1.29, 1.82) is 0 Å². The predicted molar refractivity (Wildman–Crippen MR) is 116 cm³/mol. The van der Waals surface area contributed by atoms with Crippen LogP contribution in [0.1, 0.15) is 15.9 Å². The Morgan fingerprint density at radius 1 is 1.25 bits per heavy atom.